The first-order chi connectivity index (χ1) is 14.0. The second-order valence-corrected chi connectivity index (χ2v) is 7.77. The molecule has 0 saturated carbocycles. The van der Waals surface area contributed by atoms with Gasteiger partial charge in [-0.25, -0.2) is 0 Å². The molecule has 5 nitrogen and oxygen atoms in total. The Hall–Kier alpha value is -2.79. The minimum Gasteiger partial charge on any atom is -0.493 e. The molecule has 0 spiro atoms. The van der Waals surface area contributed by atoms with Gasteiger partial charge in [0.05, 0.1) is 14.2 Å². The smallest absolute Gasteiger partial charge is 0.225 e. The average Bonchev–Trinajstić information content (AvgIpc) is 2.72. The zero-order valence-electron chi connectivity index (χ0n) is 16.3. The summed E-state index contributed by atoms with van der Waals surface area (Å²) in [6.07, 6.45) is 1.19. The van der Waals surface area contributed by atoms with E-state index in [4.69, 9.17) is 21.1 Å². The monoisotopic (exact) mass is 411 g/mol. The lowest BCUT2D eigenvalue weighted by Gasteiger charge is -2.34. The third-order valence-electron chi connectivity index (χ3n) is 5.69. The number of Topliss-reactive ketones (excluding diaryl/α,β-unsaturated/α-hetero) is 1. The molecule has 0 saturated heterocycles. The van der Waals surface area contributed by atoms with Crippen LogP contribution in [0.5, 0.6) is 11.5 Å². The molecule has 2 aromatic rings. The first kappa shape index (κ1) is 19.5. The number of ether oxygens (including phenoxy) is 2. The molecule has 6 heteroatoms. The number of nitrogens with one attached hydrogen (secondary N) is 1. The van der Waals surface area contributed by atoms with Gasteiger partial charge in [0.15, 0.2) is 17.3 Å². The van der Waals surface area contributed by atoms with Crippen molar-refractivity contribution in [1.29, 1.82) is 0 Å². The zero-order chi connectivity index (χ0) is 20.5. The number of allylic oxidation sites excluding steroid dienone is 2. The van der Waals surface area contributed by atoms with Gasteiger partial charge in [-0.1, -0.05) is 35.9 Å². The Morgan fingerprint density at radius 2 is 1.72 bits per heavy atom. The Morgan fingerprint density at radius 3 is 2.45 bits per heavy atom. The van der Waals surface area contributed by atoms with Gasteiger partial charge in [0.2, 0.25) is 5.91 Å². The van der Waals surface area contributed by atoms with Gasteiger partial charge in [0.25, 0.3) is 0 Å². The number of halogens is 1. The molecule has 1 N–H and O–H groups in total. The Morgan fingerprint density at radius 1 is 0.966 bits per heavy atom. The number of benzene rings is 2. The molecule has 4 rings (SSSR count). The number of carbonyl (C=O) groups is 2. The molecule has 1 aliphatic heterocycles. The van der Waals surface area contributed by atoms with Gasteiger partial charge in [-0.15, -0.1) is 0 Å². The van der Waals surface area contributed by atoms with Crippen molar-refractivity contribution in [1.82, 2.24) is 5.32 Å². The lowest BCUT2D eigenvalue weighted by molar-refractivity contribution is -0.122. The largest absolute Gasteiger partial charge is 0.493 e. The van der Waals surface area contributed by atoms with Gasteiger partial charge in [0.1, 0.15) is 0 Å². The van der Waals surface area contributed by atoms with Gasteiger partial charge in [0, 0.05) is 35.1 Å². The molecule has 29 heavy (non-hydrogen) atoms. The first-order valence-corrected chi connectivity index (χ1v) is 9.92. The lowest BCUT2D eigenvalue weighted by atomic mass is 9.73. The molecule has 1 heterocycles. The van der Waals surface area contributed by atoms with Gasteiger partial charge in [-0.3, -0.25) is 9.59 Å². The summed E-state index contributed by atoms with van der Waals surface area (Å²) in [5.41, 5.74) is 3.22. The molecular weight excluding hydrogens is 390 g/mol. The third kappa shape index (κ3) is 3.62. The minimum absolute atomic E-state index is 0.0422. The van der Waals surface area contributed by atoms with Crippen LogP contribution in [0.2, 0.25) is 5.02 Å². The van der Waals surface area contributed by atoms with Crippen LogP contribution in [0.15, 0.2) is 53.7 Å². The maximum absolute atomic E-state index is 13.2. The Bertz CT molecular complexity index is 1010. The molecule has 0 fully saturated rings. The molecule has 0 aromatic heterocycles. The van der Waals surface area contributed by atoms with E-state index in [2.05, 4.69) is 5.32 Å². The van der Waals surface area contributed by atoms with Crippen molar-refractivity contribution in [3.63, 3.8) is 0 Å². The number of amides is 1. The summed E-state index contributed by atoms with van der Waals surface area (Å²) in [7, 11) is 3.14. The topological polar surface area (TPSA) is 64.6 Å². The van der Waals surface area contributed by atoms with Gasteiger partial charge < -0.3 is 14.8 Å². The van der Waals surface area contributed by atoms with Gasteiger partial charge >= 0.3 is 0 Å². The number of hydrogen-bond acceptors (Lipinski definition) is 4. The fourth-order valence-electron chi connectivity index (χ4n) is 4.34. The second kappa shape index (κ2) is 7.91. The van der Waals surface area contributed by atoms with Crippen LogP contribution >= 0.6 is 11.6 Å². The van der Waals surface area contributed by atoms with E-state index in [1.54, 1.807) is 20.3 Å². The lowest BCUT2D eigenvalue weighted by Crippen LogP contribution is -2.38. The summed E-state index contributed by atoms with van der Waals surface area (Å²) in [5.74, 6) is 0.819. The molecule has 1 amide bonds. The molecule has 2 atom stereocenters. The van der Waals surface area contributed by atoms with Crippen LogP contribution in [0.1, 0.15) is 42.2 Å². The van der Waals surface area contributed by atoms with Crippen LogP contribution in [0.4, 0.5) is 0 Å². The first-order valence-electron chi connectivity index (χ1n) is 9.54. The van der Waals surface area contributed by atoms with E-state index < -0.39 is 0 Å². The van der Waals surface area contributed by atoms with Crippen molar-refractivity contribution in [2.24, 2.45) is 0 Å². The van der Waals surface area contributed by atoms with Crippen molar-refractivity contribution in [3.05, 3.63) is 69.9 Å². The Kier molecular flexibility index (Phi) is 5.33. The highest BCUT2D eigenvalue weighted by Gasteiger charge is 2.38. The summed E-state index contributed by atoms with van der Waals surface area (Å²) in [4.78, 5) is 25.6. The number of carbonyl (C=O) groups excluding carboxylic acids is 2. The second-order valence-electron chi connectivity index (χ2n) is 7.36. The molecular formula is C23H22ClNO4. The van der Waals surface area contributed by atoms with E-state index in [1.165, 1.54) is 0 Å². The summed E-state index contributed by atoms with van der Waals surface area (Å²) < 4.78 is 10.7. The Labute approximate surface area is 174 Å². The maximum atomic E-state index is 13.2. The van der Waals surface area contributed by atoms with Crippen LogP contribution in [-0.2, 0) is 9.59 Å². The molecule has 150 valence electrons. The minimum atomic E-state index is -0.293. The van der Waals surface area contributed by atoms with Crippen LogP contribution in [-0.4, -0.2) is 25.9 Å². The standard InChI is InChI=1S/C23H22ClNO4/c1-28-20-8-7-13(11-21(20)29-2)16-12-22(27)25-18-9-14(10-19(26)23(16)18)15-5-3-4-6-17(15)24/h3-8,11,14,16H,9-10,12H2,1-2H3,(H,25,27). The summed E-state index contributed by atoms with van der Waals surface area (Å²) in [6, 6.07) is 13.1. The van der Waals surface area contributed by atoms with Crippen molar-refractivity contribution in [2.75, 3.05) is 14.2 Å². The van der Waals surface area contributed by atoms with Crippen molar-refractivity contribution >= 4 is 23.3 Å². The number of ketones is 1. The maximum Gasteiger partial charge on any atom is 0.225 e. The van der Waals surface area contributed by atoms with Crippen molar-refractivity contribution in [3.8, 4) is 11.5 Å². The number of rotatable bonds is 4. The normalized spacial score (nSPS) is 21.5. The van der Waals surface area contributed by atoms with Crippen molar-refractivity contribution in [2.45, 2.75) is 31.1 Å². The fourth-order valence-corrected chi connectivity index (χ4v) is 4.63. The summed E-state index contributed by atoms with van der Waals surface area (Å²) in [5, 5.41) is 3.59. The van der Waals surface area contributed by atoms with E-state index in [9.17, 15) is 9.59 Å². The molecule has 2 aromatic carbocycles. The van der Waals surface area contributed by atoms with Gasteiger partial charge in [-0.05, 0) is 41.7 Å². The number of hydrogen-bond donors (Lipinski definition) is 1. The van der Waals surface area contributed by atoms with Crippen molar-refractivity contribution < 1.29 is 19.1 Å². The predicted octanol–water partition coefficient (Wildman–Crippen LogP) is 4.36. The van der Waals surface area contributed by atoms with Crippen LogP contribution in [0, 0.1) is 0 Å². The zero-order valence-corrected chi connectivity index (χ0v) is 17.1. The van der Waals surface area contributed by atoms with E-state index in [0.29, 0.717) is 40.6 Å². The third-order valence-corrected chi connectivity index (χ3v) is 6.04. The van der Waals surface area contributed by atoms with Crippen LogP contribution in [0.3, 0.4) is 0 Å². The van der Waals surface area contributed by atoms with E-state index in [0.717, 1.165) is 11.1 Å². The fraction of sp³-hybridized carbons (Fsp3) is 0.304. The number of methoxy groups -OCH3 is 2. The Balaban J connectivity index is 1.73. The van der Waals surface area contributed by atoms with E-state index >= 15 is 0 Å². The van der Waals surface area contributed by atoms with Crippen LogP contribution < -0.4 is 14.8 Å². The average molecular weight is 412 g/mol. The highest BCUT2D eigenvalue weighted by Crippen LogP contribution is 2.44. The van der Waals surface area contributed by atoms with Gasteiger partial charge in [-0.2, -0.15) is 0 Å². The highest BCUT2D eigenvalue weighted by atomic mass is 35.5. The highest BCUT2D eigenvalue weighted by molar-refractivity contribution is 6.31. The van der Waals surface area contributed by atoms with E-state index in [1.807, 2.05) is 36.4 Å². The molecule has 2 aliphatic rings. The SMILES string of the molecule is COc1ccc(C2CC(=O)NC3=C2C(=O)CC(c2ccccc2Cl)C3)cc1OC. The molecule has 0 radical (unpaired) electrons. The molecule has 1 aliphatic carbocycles. The predicted molar refractivity (Wildman–Crippen MR) is 111 cm³/mol. The van der Waals surface area contributed by atoms with E-state index in [-0.39, 0.29) is 29.9 Å². The van der Waals surface area contributed by atoms with Crippen LogP contribution in [0.25, 0.3) is 0 Å². The summed E-state index contributed by atoms with van der Waals surface area (Å²) in [6.45, 7) is 0. The molecule has 2 unspecified atom stereocenters. The summed E-state index contributed by atoms with van der Waals surface area (Å²) >= 11 is 6.36. The quantitative estimate of drug-likeness (QED) is 0.811. The molecule has 0 bridgehead atoms.